The van der Waals surface area contributed by atoms with Crippen molar-refractivity contribution in [3.8, 4) is 0 Å². The minimum absolute atomic E-state index is 0.283. The van der Waals surface area contributed by atoms with Crippen molar-refractivity contribution in [1.82, 2.24) is 4.90 Å². The Morgan fingerprint density at radius 2 is 2.20 bits per heavy atom. The zero-order chi connectivity index (χ0) is 14.1. The van der Waals surface area contributed by atoms with E-state index in [1.54, 1.807) is 11.3 Å². The molecule has 0 N–H and O–H groups in total. The Morgan fingerprint density at radius 1 is 1.40 bits per heavy atom. The monoisotopic (exact) mass is 291 g/mol. The van der Waals surface area contributed by atoms with E-state index in [4.69, 9.17) is 0 Å². The summed E-state index contributed by atoms with van der Waals surface area (Å²) in [6, 6.07) is 2.19. The number of fused-ring (bicyclic) bond motifs is 1. The number of rotatable bonds is 5. The van der Waals surface area contributed by atoms with Crippen molar-refractivity contribution in [3.05, 3.63) is 21.4 Å². The van der Waals surface area contributed by atoms with E-state index >= 15 is 0 Å². The largest absolute Gasteiger partial charge is 0.338 e. The lowest BCUT2D eigenvalue weighted by Gasteiger charge is -2.21. The number of aryl methyl sites for hydroxylation is 1. The molecule has 1 aromatic rings. The third-order valence-electron chi connectivity index (χ3n) is 4.50. The van der Waals surface area contributed by atoms with Crippen LogP contribution in [0.5, 0.6) is 0 Å². The molecule has 2 nitrogen and oxygen atoms in total. The molecular formula is C17H25NOS. The number of carbonyl (C=O) groups excluding carboxylic acids is 1. The van der Waals surface area contributed by atoms with E-state index < -0.39 is 0 Å². The molecule has 0 saturated heterocycles. The molecule has 0 spiro atoms. The lowest BCUT2D eigenvalue weighted by molar-refractivity contribution is 0.0752. The molecule has 3 rings (SSSR count). The van der Waals surface area contributed by atoms with Crippen LogP contribution in [0.3, 0.4) is 0 Å². The average Bonchev–Trinajstić information content (AvgIpc) is 3.14. The van der Waals surface area contributed by atoms with Crippen LogP contribution in [0.1, 0.15) is 59.6 Å². The second-order valence-corrected chi connectivity index (χ2v) is 7.74. The van der Waals surface area contributed by atoms with Crippen molar-refractivity contribution in [1.29, 1.82) is 0 Å². The van der Waals surface area contributed by atoms with Gasteiger partial charge in [-0.25, -0.2) is 0 Å². The Bertz CT molecular complexity index is 489. The van der Waals surface area contributed by atoms with Crippen molar-refractivity contribution in [2.45, 2.75) is 52.4 Å². The van der Waals surface area contributed by atoms with Gasteiger partial charge < -0.3 is 4.90 Å². The summed E-state index contributed by atoms with van der Waals surface area (Å²) >= 11 is 1.76. The number of hydrogen-bond acceptors (Lipinski definition) is 2. The van der Waals surface area contributed by atoms with E-state index in [-0.39, 0.29) is 5.91 Å². The van der Waals surface area contributed by atoms with Gasteiger partial charge in [0, 0.05) is 18.0 Å². The summed E-state index contributed by atoms with van der Waals surface area (Å²) in [5.74, 6) is 1.84. The standard InChI is InChI=1S/C17H25NOS/c1-3-8-18(11-13-5-6-13)17(19)16-10-14-9-12(2)4-7-15(14)20-16/h10,12-13H,3-9,11H2,1-2H3. The van der Waals surface area contributed by atoms with Crippen LogP contribution in [-0.2, 0) is 12.8 Å². The zero-order valence-electron chi connectivity index (χ0n) is 12.7. The van der Waals surface area contributed by atoms with E-state index in [2.05, 4.69) is 24.8 Å². The summed E-state index contributed by atoms with van der Waals surface area (Å²) in [6.45, 7) is 6.37. The zero-order valence-corrected chi connectivity index (χ0v) is 13.5. The number of thiophene rings is 1. The fraction of sp³-hybridized carbons (Fsp3) is 0.706. The summed E-state index contributed by atoms with van der Waals surface area (Å²) in [4.78, 5) is 17.3. The molecule has 3 heteroatoms. The molecule has 2 aliphatic carbocycles. The smallest absolute Gasteiger partial charge is 0.263 e. The number of amides is 1. The Hall–Kier alpha value is -0.830. The Labute approximate surface area is 126 Å². The van der Waals surface area contributed by atoms with Gasteiger partial charge in [-0.15, -0.1) is 11.3 Å². The van der Waals surface area contributed by atoms with Crippen LogP contribution < -0.4 is 0 Å². The van der Waals surface area contributed by atoms with Gasteiger partial charge in [0.1, 0.15) is 0 Å². The maximum absolute atomic E-state index is 12.7. The van der Waals surface area contributed by atoms with Crippen LogP contribution in [0.25, 0.3) is 0 Å². The van der Waals surface area contributed by atoms with Crippen LogP contribution in [0.15, 0.2) is 6.07 Å². The third kappa shape index (κ3) is 3.08. The van der Waals surface area contributed by atoms with Gasteiger partial charge in [0.25, 0.3) is 5.91 Å². The first kappa shape index (κ1) is 14.1. The van der Waals surface area contributed by atoms with Crippen molar-refractivity contribution in [2.24, 2.45) is 11.8 Å². The second-order valence-electron chi connectivity index (χ2n) is 6.60. The maximum atomic E-state index is 12.7. The third-order valence-corrected chi connectivity index (χ3v) is 5.72. The molecular weight excluding hydrogens is 266 g/mol. The first-order valence-electron chi connectivity index (χ1n) is 8.08. The van der Waals surface area contributed by atoms with Gasteiger partial charge >= 0.3 is 0 Å². The van der Waals surface area contributed by atoms with E-state index in [1.165, 1.54) is 36.1 Å². The molecule has 0 radical (unpaired) electrons. The van der Waals surface area contributed by atoms with Gasteiger partial charge in [-0.05, 0) is 62.0 Å². The van der Waals surface area contributed by atoms with Crippen LogP contribution in [-0.4, -0.2) is 23.9 Å². The molecule has 1 unspecified atom stereocenters. The lowest BCUT2D eigenvalue weighted by atomic mass is 9.90. The van der Waals surface area contributed by atoms with E-state index in [9.17, 15) is 4.79 Å². The minimum atomic E-state index is 0.283. The highest BCUT2D eigenvalue weighted by molar-refractivity contribution is 7.14. The molecule has 2 aliphatic rings. The predicted molar refractivity (Wildman–Crippen MR) is 84.4 cm³/mol. The van der Waals surface area contributed by atoms with Crippen molar-refractivity contribution < 1.29 is 4.79 Å². The highest BCUT2D eigenvalue weighted by Crippen LogP contribution is 2.34. The first-order chi connectivity index (χ1) is 9.67. The topological polar surface area (TPSA) is 20.3 Å². The van der Waals surface area contributed by atoms with Gasteiger partial charge in [-0.2, -0.15) is 0 Å². The Balaban J connectivity index is 1.74. The minimum Gasteiger partial charge on any atom is -0.338 e. The predicted octanol–water partition coefficient (Wildman–Crippen LogP) is 4.14. The first-order valence-corrected chi connectivity index (χ1v) is 8.90. The number of carbonyl (C=O) groups is 1. The SMILES string of the molecule is CCCN(CC1CC1)C(=O)c1cc2c(s1)CCC(C)C2. The molecule has 1 fully saturated rings. The summed E-state index contributed by atoms with van der Waals surface area (Å²) < 4.78 is 0. The van der Waals surface area contributed by atoms with E-state index in [0.717, 1.165) is 42.6 Å². The molecule has 0 aromatic carbocycles. The quantitative estimate of drug-likeness (QED) is 0.798. The normalized spacial score (nSPS) is 21.6. The summed E-state index contributed by atoms with van der Waals surface area (Å²) in [7, 11) is 0. The average molecular weight is 291 g/mol. The maximum Gasteiger partial charge on any atom is 0.263 e. The van der Waals surface area contributed by atoms with E-state index in [0.29, 0.717) is 0 Å². The van der Waals surface area contributed by atoms with Crippen molar-refractivity contribution >= 4 is 17.2 Å². The molecule has 1 amide bonds. The fourth-order valence-corrected chi connectivity index (χ4v) is 4.30. The number of hydrogen-bond donors (Lipinski definition) is 0. The molecule has 0 aliphatic heterocycles. The second kappa shape index (κ2) is 5.88. The highest BCUT2D eigenvalue weighted by Gasteiger charge is 2.28. The summed E-state index contributed by atoms with van der Waals surface area (Å²) in [6.07, 6.45) is 7.29. The van der Waals surface area contributed by atoms with Gasteiger partial charge in [0.15, 0.2) is 0 Å². The highest BCUT2D eigenvalue weighted by atomic mass is 32.1. The van der Waals surface area contributed by atoms with Gasteiger partial charge in [0.05, 0.1) is 4.88 Å². The van der Waals surface area contributed by atoms with Crippen LogP contribution in [0.4, 0.5) is 0 Å². The molecule has 1 heterocycles. The fourth-order valence-electron chi connectivity index (χ4n) is 3.12. The summed E-state index contributed by atoms with van der Waals surface area (Å²) in [5, 5.41) is 0. The Morgan fingerprint density at radius 3 is 2.90 bits per heavy atom. The molecule has 1 aromatic heterocycles. The molecule has 1 atom stereocenters. The van der Waals surface area contributed by atoms with Gasteiger partial charge in [-0.1, -0.05) is 13.8 Å². The molecule has 1 saturated carbocycles. The van der Waals surface area contributed by atoms with Crippen LogP contribution >= 0.6 is 11.3 Å². The van der Waals surface area contributed by atoms with Crippen LogP contribution in [0.2, 0.25) is 0 Å². The summed E-state index contributed by atoms with van der Waals surface area (Å²) in [5.41, 5.74) is 1.44. The number of nitrogens with zero attached hydrogens (tertiary/aromatic N) is 1. The van der Waals surface area contributed by atoms with Crippen molar-refractivity contribution in [2.75, 3.05) is 13.1 Å². The van der Waals surface area contributed by atoms with Gasteiger partial charge in [0.2, 0.25) is 0 Å². The molecule has 110 valence electrons. The van der Waals surface area contributed by atoms with E-state index in [1.807, 2.05) is 0 Å². The van der Waals surface area contributed by atoms with Crippen molar-refractivity contribution in [3.63, 3.8) is 0 Å². The lowest BCUT2D eigenvalue weighted by Crippen LogP contribution is -2.33. The van der Waals surface area contributed by atoms with Crippen LogP contribution in [0, 0.1) is 11.8 Å². The molecule has 20 heavy (non-hydrogen) atoms. The Kier molecular flexibility index (Phi) is 4.16. The molecule has 0 bridgehead atoms. The van der Waals surface area contributed by atoms with Gasteiger partial charge in [-0.3, -0.25) is 4.79 Å².